The van der Waals surface area contributed by atoms with E-state index >= 15 is 0 Å². The molecule has 1 fully saturated rings. The Bertz CT molecular complexity index is 399. The predicted molar refractivity (Wildman–Crippen MR) is 70.2 cm³/mol. The zero-order chi connectivity index (χ0) is 13.2. The molecule has 4 heteroatoms. The lowest BCUT2D eigenvalue weighted by Gasteiger charge is -2.38. The second-order valence-corrected chi connectivity index (χ2v) is 4.97. The maximum atomic E-state index is 10.8. The molecule has 0 spiro atoms. The van der Waals surface area contributed by atoms with Crippen molar-refractivity contribution in [3.8, 4) is 11.5 Å². The number of likely N-dealkylation sites (tertiary alicyclic amines) is 1. The van der Waals surface area contributed by atoms with Crippen LogP contribution in [0.4, 0.5) is 0 Å². The zero-order valence-corrected chi connectivity index (χ0v) is 11.3. The van der Waals surface area contributed by atoms with Crippen molar-refractivity contribution in [2.24, 2.45) is 0 Å². The van der Waals surface area contributed by atoms with E-state index in [0.29, 0.717) is 18.0 Å². The SMILES string of the molecule is COc1cc(OC)cc(C2(O)CCCN(C)C2)c1. The first-order valence-corrected chi connectivity index (χ1v) is 6.22. The van der Waals surface area contributed by atoms with Crippen LogP contribution in [-0.4, -0.2) is 44.4 Å². The highest BCUT2D eigenvalue weighted by molar-refractivity contribution is 5.41. The normalized spacial score (nSPS) is 24.9. The average molecular weight is 251 g/mol. The number of hydrogen-bond donors (Lipinski definition) is 1. The molecule has 18 heavy (non-hydrogen) atoms. The van der Waals surface area contributed by atoms with Crippen molar-refractivity contribution in [2.75, 3.05) is 34.4 Å². The van der Waals surface area contributed by atoms with E-state index in [2.05, 4.69) is 4.90 Å². The molecular weight excluding hydrogens is 230 g/mol. The Balaban J connectivity index is 2.36. The molecule has 0 amide bonds. The standard InChI is InChI=1S/C14H21NO3/c1-15-6-4-5-14(16,10-15)11-7-12(17-2)9-13(8-11)18-3/h7-9,16H,4-6,10H2,1-3H3. The third kappa shape index (κ3) is 2.60. The van der Waals surface area contributed by atoms with E-state index in [1.807, 2.05) is 25.2 Å². The van der Waals surface area contributed by atoms with Crippen molar-refractivity contribution in [2.45, 2.75) is 18.4 Å². The van der Waals surface area contributed by atoms with Gasteiger partial charge in [-0.15, -0.1) is 0 Å². The van der Waals surface area contributed by atoms with Gasteiger partial charge in [0.25, 0.3) is 0 Å². The Kier molecular flexibility index (Phi) is 3.78. The van der Waals surface area contributed by atoms with Gasteiger partial charge >= 0.3 is 0 Å². The molecule has 1 aromatic carbocycles. The molecule has 1 saturated heterocycles. The second-order valence-electron chi connectivity index (χ2n) is 4.97. The van der Waals surface area contributed by atoms with Gasteiger partial charge < -0.3 is 19.5 Å². The van der Waals surface area contributed by atoms with Crippen molar-refractivity contribution in [1.82, 2.24) is 4.90 Å². The van der Waals surface area contributed by atoms with Crippen LogP contribution in [0.15, 0.2) is 18.2 Å². The quantitative estimate of drug-likeness (QED) is 0.886. The number of rotatable bonds is 3. The van der Waals surface area contributed by atoms with E-state index in [-0.39, 0.29) is 0 Å². The largest absolute Gasteiger partial charge is 0.497 e. The molecule has 1 aromatic rings. The highest BCUT2D eigenvalue weighted by Crippen LogP contribution is 2.35. The number of hydrogen-bond acceptors (Lipinski definition) is 4. The molecule has 1 heterocycles. The molecule has 0 saturated carbocycles. The smallest absolute Gasteiger partial charge is 0.122 e. The number of likely N-dealkylation sites (N-methyl/N-ethyl adjacent to an activating group) is 1. The van der Waals surface area contributed by atoms with Crippen molar-refractivity contribution < 1.29 is 14.6 Å². The minimum absolute atomic E-state index is 0.642. The van der Waals surface area contributed by atoms with Gasteiger partial charge in [0.2, 0.25) is 0 Å². The summed E-state index contributed by atoms with van der Waals surface area (Å²) in [5.41, 5.74) is 0.0553. The van der Waals surface area contributed by atoms with Gasteiger partial charge in [-0.3, -0.25) is 0 Å². The average Bonchev–Trinajstić information content (AvgIpc) is 2.37. The minimum atomic E-state index is -0.811. The molecule has 1 unspecified atom stereocenters. The molecule has 2 rings (SSSR count). The molecule has 100 valence electrons. The van der Waals surface area contributed by atoms with Crippen LogP contribution in [0.25, 0.3) is 0 Å². The number of nitrogens with zero attached hydrogens (tertiary/aromatic N) is 1. The van der Waals surface area contributed by atoms with Crippen molar-refractivity contribution in [3.05, 3.63) is 23.8 Å². The molecule has 0 radical (unpaired) electrons. The first-order chi connectivity index (χ1) is 8.57. The monoisotopic (exact) mass is 251 g/mol. The fraction of sp³-hybridized carbons (Fsp3) is 0.571. The van der Waals surface area contributed by atoms with Crippen molar-refractivity contribution in [3.63, 3.8) is 0 Å². The van der Waals surface area contributed by atoms with Gasteiger partial charge in [-0.25, -0.2) is 0 Å². The molecule has 1 aliphatic heterocycles. The third-order valence-corrected chi connectivity index (χ3v) is 3.55. The molecule has 1 N–H and O–H groups in total. The lowest BCUT2D eigenvalue weighted by Crippen LogP contribution is -2.44. The van der Waals surface area contributed by atoms with Crippen LogP contribution < -0.4 is 9.47 Å². The van der Waals surface area contributed by atoms with Crippen LogP contribution in [0.5, 0.6) is 11.5 Å². The summed E-state index contributed by atoms with van der Waals surface area (Å²) in [5.74, 6) is 1.43. The maximum Gasteiger partial charge on any atom is 0.122 e. The minimum Gasteiger partial charge on any atom is -0.497 e. The Hall–Kier alpha value is -1.26. The van der Waals surface area contributed by atoms with Crippen LogP contribution in [0.2, 0.25) is 0 Å². The van der Waals surface area contributed by atoms with Crippen LogP contribution in [0.1, 0.15) is 18.4 Å². The fourth-order valence-corrected chi connectivity index (χ4v) is 2.56. The summed E-state index contributed by atoms with van der Waals surface area (Å²) >= 11 is 0. The maximum absolute atomic E-state index is 10.8. The van der Waals surface area contributed by atoms with Gasteiger partial charge in [0, 0.05) is 12.6 Å². The Morgan fingerprint density at radius 2 is 1.78 bits per heavy atom. The predicted octanol–water partition coefficient (Wildman–Crippen LogP) is 1.62. The van der Waals surface area contributed by atoms with E-state index in [9.17, 15) is 5.11 Å². The number of methoxy groups -OCH3 is 2. The van der Waals surface area contributed by atoms with Crippen molar-refractivity contribution in [1.29, 1.82) is 0 Å². The molecule has 0 bridgehead atoms. The van der Waals surface area contributed by atoms with E-state index in [1.54, 1.807) is 14.2 Å². The van der Waals surface area contributed by atoms with Gasteiger partial charge in [0.1, 0.15) is 17.1 Å². The van der Waals surface area contributed by atoms with E-state index < -0.39 is 5.60 Å². The number of β-amino-alcohol motifs (C(OH)–C–C–N with tert-alkyl or cyclic N) is 1. The first-order valence-electron chi connectivity index (χ1n) is 6.22. The zero-order valence-electron chi connectivity index (χ0n) is 11.3. The van der Waals surface area contributed by atoms with Gasteiger partial charge in [0.15, 0.2) is 0 Å². The molecule has 0 aromatic heterocycles. The highest BCUT2D eigenvalue weighted by atomic mass is 16.5. The number of aliphatic hydroxyl groups is 1. The number of ether oxygens (including phenoxy) is 2. The fourth-order valence-electron chi connectivity index (χ4n) is 2.56. The number of benzene rings is 1. The summed E-state index contributed by atoms with van der Waals surface area (Å²) in [6, 6.07) is 5.60. The topological polar surface area (TPSA) is 41.9 Å². The van der Waals surface area contributed by atoms with Crippen LogP contribution in [-0.2, 0) is 5.60 Å². The molecule has 4 nitrogen and oxygen atoms in total. The molecule has 0 aliphatic carbocycles. The van der Waals surface area contributed by atoms with Gasteiger partial charge in [-0.05, 0) is 44.1 Å². The summed E-state index contributed by atoms with van der Waals surface area (Å²) in [5, 5.41) is 10.8. The van der Waals surface area contributed by atoms with Crippen molar-refractivity contribution >= 4 is 0 Å². The van der Waals surface area contributed by atoms with Crippen LogP contribution >= 0.6 is 0 Å². The molecular formula is C14H21NO3. The highest BCUT2D eigenvalue weighted by Gasteiger charge is 2.34. The van der Waals surface area contributed by atoms with E-state index in [1.165, 1.54) is 0 Å². The van der Waals surface area contributed by atoms with Gasteiger partial charge in [-0.1, -0.05) is 0 Å². The van der Waals surface area contributed by atoms with Crippen LogP contribution in [0, 0.1) is 0 Å². The van der Waals surface area contributed by atoms with Gasteiger partial charge in [0.05, 0.1) is 14.2 Å². The third-order valence-electron chi connectivity index (χ3n) is 3.55. The Morgan fingerprint density at radius 3 is 2.28 bits per heavy atom. The lowest BCUT2D eigenvalue weighted by molar-refractivity contribution is -0.0280. The van der Waals surface area contributed by atoms with Crippen LogP contribution in [0.3, 0.4) is 0 Å². The summed E-state index contributed by atoms with van der Waals surface area (Å²) in [6.07, 6.45) is 1.76. The molecule has 1 aliphatic rings. The lowest BCUT2D eigenvalue weighted by atomic mass is 9.85. The second kappa shape index (κ2) is 5.16. The number of piperidine rings is 1. The Morgan fingerprint density at radius 1 is 1.17 bits per heavy atom. The summed E-state index contributed by atoms with van der Waals surface area (Å²) in [4.78, 5) is 2.15. The van der Waals surface area contributed by atoms with E-state index in [4.69, 9.17) is 9.47 Å². The summed E-state index contributed by atoms with van der Waals surface area (Å²) in [7, 11) is 5.27. The molecule has 1 atom stereocenters. The Labute approximate surface area is 108 Å². The van der Waals surface area contributed by atoms with Gasteiger partial charge in [-0.2, -0.15) is 0 Å². The van der Waals surface area contributed by atoms with E-state index in [0.717, 1.165) is 24.9 Å². The summed E-state index contributed by atoms with van der Waals surface area (Å²) < 4.78 is 10.5. The first kappa shape index (κ1) is 13.2. The summed E-state index contributed by atoms with van der Waals surface area (Å²) in [6.45, 7) is 1.67.